The van der Waals surface area contributed by atoms with Crippen LogP contribution in [0.4, 0.5) is 5.69 Å². The summed E-state index contributed by atoms with van der Waals surface area (Å²) < 4.78 is 5.67. The quantitative estimate of drug-likeness (QED) is 0.712. The van der Waals surface area contributed by atoms with Gasteiger partial charge in [0, 0.05) is 11.3 Å². The molecule has 0 spiro atoms. The van der Waals surface area contributed by atoms with Crippen LogP contribution < -0.4 is 10.5 Å². The van der Waals surface area contributed by atoms with Gasteiger partial charge < -0.3 is 10.5 Å². The molecule has 0 amide bonds. The molecule has 2 aromatic carbocycles. The van der Waals surface area contributed by atoms with E-state index in [2.05, 4.69) is 10.2 Å². The van der Waals surface area contributed by atoms with Gasteiger partial charge in [-0.25, -0.2) is 0 Å². The first-order valence-corrected chi connectivity index (χ1v) is 6.39. The van der Waals surface area contributed by atoms with Crippen molar-refractivity contribution in [1.82, 2.24) is 10.2 Å². The Kier molecular flexibility index (Phi) is 3.37. The van der Waals surface area contributed by atoms with Crippen LogP contribution in [0.5, 0.6) is 5.75 Å². The van der Waals surface area contributed by atoms with Crippen molar-refractivity contribution in [3.05, 3.63) is 66.4 Å². The maximum absolute atomic E-state index is 5.77. The van der Waals surface area contributed by atoms with Crippen LogP contribution in [0.3, 0.4) is 0 Å². The van der Waals surface area contributed by atoms with Crippen LogP contribution in [-0.2, 0) is 6.61 Å². The minimum atomic E-state index is 0.458. The van der Waals surface area contributed by atoms with Crippen LogP contribution in [0.25, 0.3) is 11.3 Å². The lowest BCUT2D eigenvalue weighted by atomic mass is 10.1. The third-order valence-corrected chi connectivity index (χ3v) is 2.95. The molecule has 0 saturated carbocycles. The highest BCUT2D eigenvalue weighted by atomic mass is 16.5. The van der Waals surface area contributed by atoms with Gasteiger partial charge in [-0.2, -0.15) is 5.10 Å². The first-order valence-electron chi connectivity index (χ1n) is 6.39. The number of aromatic nitrogens is 2. The summed E-state index contributed by atoms with van der Waals surface area (Å²) in [6.07, 6.45) is 0. The Morgan fingerprint density at radius 2 is 1.85 bits per heavy atom. The van der Waals surface area contributed by atoms with Crippen molar-refractivity contribution < 1.29 is 4.74 Å². The second-order valence-corrected chi connectivity index (χ2v) is 4.51. The number of nitrogens with zero attached hydrogens (tertiary/aromatic N) is 1. The van der Waals surface area contributed by atoms with Gasteiger partial charge in [-0.3, -0.25) is 5.10 Å². The van der Waals surface area contributed by atoms with Gasteiger partial charge in [-0.05, 0) is 30.3 Å². The average molecular weight is 265 g/mol. The fourth-order valence-electron chi connectivity index (χ4n) is 1.96. The number of aromatic amines is 1. The molecule has 1 aromatic heterocycles. The number of nitrogens with two attached hydrogens (primary N) is 1. The summed E-state index contributed by atoms with van der Waals surface area (Å²) in [5.74, 6) is 0.840. The van der Waals surface area contributed by atoms with E-state index in [1.165, 1.54) is 0 Å². The topological polar surface area (TPSA) is 63.9 Å². The summed E-state index contributed by atoms with van der Waals surface area (Å²) in [5, 5.41) is 7.26. The van der Waals surface area contributed by atoms with Crippen molar-refractivity contribution >= 4 is 5.69 Å². The third-order valence-electron chi connectivity index (χ3n) is 2.95. The molecule has 4 heteroatoms. The van der Waals surface area contributed by atoms with Gasteiger partial charge >= 0.3 is 0 Å². The SMILES string of the molecule is Nc1cccc(-c2cc(COc3ccccc3)[nH]n2)c1. The molecular formula is C16H15N3O. The number of anilines is 1. The van der Waals surface area contributed by atoms with E-state index in [-0.39, 0.29) is 0 Å². The summed E-state index contributed by atoms with van der Waals surface area (Å²) in [5.41, 5.74) is 9.28. The van der Waals surface area contributed by atoms with Crippen molar-refractivity contribution in [3.63, 3.8) is 0 Å². The number of hydrogen-bond donors (Lipinski definition) is 2. The van der Waals surface area contributed by atoms with E-state index < -0.39 is 0 Å². The van der Waals surface area contributed by atoms with E-state index in [0.29, 0.717) is 6.61 Å². The molecule has 0 aliphatic carbocycles. The highest BCUT2D eigenvalue weighted by Crippen LogP contribution is 2.20. The number of rotatable bonds is 4. The predicted octanol–water partition coefficient (Wildman–Crippen LogP) is 3.24. The summed E-state index contributed by atoms with van der Waals surface area (Å²) in [4.78, 5) is 0. The fourth-order valence-corrected chi connectivity index (χ4v) is 1.96. The Morgan fingerprint density at radius 3 is 2.65 bits per heavy atom. The Morgan fingerprint density at radius 1 is 1.00 bits per heavy atom. The minimum absolute atomic E-state index is 0.458. The minimum Gasteiger partial charge on any atom is -0.487 e. The molecule has 0 aliphatic heterocycles. The third kappa shape index (κ3) is 2.80. The van der Waals surface area contributed by atoms with Crippen molar-refractivity contribution in [2.45, 2.75) is 6.61 Å². The molecule has 3 rings (SSSR count). The number of nitrogens with one attached hydrogen (secondary N) is 1. The summed E-state index contributed by atoms with van der Waals surface area (Å²) in [6, 6.07) is 19.3. The molecule has 0 aliphatic rings. The smallest absolute Gasteiger partial charge is 0.130 e. The van der Waals surface area contributed by atoms with E-state index in [4.69, 9.17) is 10.5 Å². The van der Waals surface area contributed by atoms with Crippen LogP contribution in [0.1, 0.15) is 5.69 Å². The normalized spacial score (nSPS) is 10.4. The first-order chi connectivity index (χ1) is 9.81. The molecule has 3 N–H and O–H groups in total. The number of para-hydroxylation sites is 1. The predicted molar refractivity (Wildman–Crippen MR) is 79.2 cm³/mol. The van der Waals surface area contributed by atoms with Gasteiger partial charge in [0.2, 0.25) is 0 Å². The van der Waals surface area contributed by atoms with Crippen LogP contribution in [0.2, 0.25) is 0 Å². The van der Waals surface area contributed by atoms with Gasteiger partial charge in [0.1, 0.15) is 12.4 Å². The number of hydrogen-bond acceptors (Lipinski definition) is 3. The molecule has 20 heavy (non-hydrogen) atoms. The maximum atomic E-state index is 5.77. The molecule has 100 valence electrons. The number of H-pyrrole nitrogens is 1. The first kappa shape index (κ1) is 12.3. The molecule has 0 radical (unpaired) electrons. The standard InChI is InChI=1S/C16H15N3O/c17-13-6-4-5-12(9-13)16-10-14(18-19-16)11-20-15-7-2-1-3-8-15/h1-10H,11,17H2,(H,18,19). The Balaban J connectivity index is 1.71. The van der Waals surface area contributed by atoms with Gasteiger partial charge in [0.25, 0.3) is 0 Å². The van der Waals surface area contributed by atoms with Gasteiger partial charge in [-0.15, -0.1) is 0 Å². The Bertz CT molecular complexity index is 692. The van der Waals surface area contributed by atoms with E-state index in [1.807, 2.05) is 60.7 Å². The molecular weight excluding hydrogens is 250 g/mol. The van der Waals surface area contributed by atoms with Crippen LogP contribution in [-0.4, -0.2) is 10.2 Å². The number of ether oxygens (including phenoxy) is 1. The van der Waals surface area contributed by atoms with E-state index in [9.17, 15) is 0 Å². The molecule has 0 fully saturated rings. The maximum Gasteiger partial charge on any atom is 0.130 e. The summed E-state index contributed by atoms with van der Waals surface area (Å²) >= 11 is 0. The second-order valence-electron chi connectivity index (χ2n) is 4.51. The largest absolute Gasteiger partial charge is 0.487 e. The Labute approximate surface area is 117 Å². The van der Waals surface area contributed by atoms with E-state index >= 15 is 0 Å². The van der Waals surface area contributed by atoms with E-state index in [0.717, 1.165) is 28.4 Å². The molecule has 4 nitrogen and oxygen atoms in total. The fraction of sp³-hybridized carbons (Fsp3) is 0.0625. The van der Waals surface area contributed by atoms with Gasteiger partial charge in [-0.1, -0.05) is 30.3 Å². The van der Waals surface area contributed by atoms with Gasteiger partial charge in [0.15, 0.2) is 0 Å². The van der Waals surface area contributed by atoms with Crippen LogP contribution in [0, 0.1) is 0 Å². The molecule has 0 unspecified atom stereocenters. The van der Waals surface area contributed by atoms with Crippen LogP contribution in [0.15, 0.2) is 60.7 Å². The lowest BCUT2D eigenvalue weighted by Crippen LogP contribution is -1.95. The monoisotopic (exact) mass is 265 g/mol. The summed E-state index contributed by atoms with van der Waals surface area (Å²) in [6.45, 7) is 0.458. The molecule has 0 atom stereocenters. The zero-order valence-electron chi connectivity index (χ0n) is 10.9. The van der Waals surface area contributed by atoms with E-state index in [1.54, 1.807) is 0 Å². The van der Waals surface area contributed by atoms with Crippen molar-refractivity contribution in [2.24, 2.45) is 0 Å². The summed E-state index contributed by atoms with van der Waals surface area (Å²) in [7, 11) is 0. The zero-order chi connectivity index (χ0) is 13.8. The van der Waals surface area contributed by atoms with Crippen molar-refractivity contribution in [2.75, 3.05) is 5.73 Å². The molecule has 1 heterocycles. The van der Waals surface area contributed by atoms with Crippen molar-refractivity contribution in [3.8, 4) is 17.0 Å². The lowest BCUT2D eigenvalue weighted by Gasteiger charge is -2.02. The highest BCUT2D eigenvalue weighted by molar-refractivity contribution is 5.63. The zero-order valence-corrected chi connectivity index (χ0v) is 10.9. The molecule has 0 saturated heterocycles. The average Bonchev–Trinajstić information content (AvgIpc) is 2.95. The number of nitrogen functional groups attached to an aromatic ring is 1. The molecule has 0 bridgehead atoms. The Hall–Kier alpha value is -2.75. The second kappa shape index (κ2) is 5.48. The highest BCUT2D eigenvalue weighted by Gasteiger charge is 2.04. The van der Waals surface area contributed by atoms with Gasteiger partial charge in [0.05, 0.1) is 11.4 Å². The molecule has 3 aromatic rings. The van der Waals surface area contributed by atoms with Crippen molar-refractivity contribution in [1.29, 1.82) is 0 Å². The van der Waals surface area contributed by atoms with Crippen LogP contribution >= 0.6 is 0 Å². The number of benzene rings is 2. The lowest BCUT2D eigenvalue weighted by molar-refractivity contribution is 0.301.